The highest BCUT2D eigenvalue weighted by Gasteiger charge is 2.63. The fourth-order valence-corrected chi connectivity index (χ4v) is 15.1. The zero-order valence-electron chi connectivity index (χ0n) is 42.9. The number of fused-ring (bicyclic) bond motifs is 8. The molecule has 8 aliphatic rings. The van der Waals surface area contributed by atoms with E-state index in [-0.39, 0.29) is 53.6 Å². The fourth-order valence-electron chi connectivity index (χ4n) is 14.0. The van der Waals surface area contributed by atoms with E-state index in [0.717, 1.165) is 102 Å². The Labute approximate surface area is 440 Å². The summed E-state index contributed by atoms with van der Waals surface area (Å²) in [6.07, 6.45) is 12.5. The van der Waals surface area contributed by atoms with Crippen molar-refractivity contribution in [2.24, 2.45) is 38.9 Å². The fraction of sp³-hybridized carbons (Fsp3) is 0.500. The number of rotatable bonds is 9. The van der Waals surface area contributed by atoms with Gasteiger partial charge in [0.25, 0.3) is 5.56 Å². The van der Waals surface area contributed by atoms with Crippen molar-refractivity contribution in [2.45, 2.75) is 135 Å². The van der Waals surface area contributed by atoms with Gasteiger partial charge >= 0.3 is 0 Å². The zero-order valence-corrected chi connectivity index (χ0v) is 44.5. The summed E-state index contributed by atoms with van der Waals surface area (Å²) in [5.74, 6) is 0.621. The molecule has 2 bridgehead atoms. The summed E-state index contributed by atoms with van der Waals surface area (Å²) in [4.78, 5) is 70.4. The van der Waals surface area contributed by atoms with Gasteiger partial charge in [0.2, 0.25) is 23.4 Å². The van der Waals surface area contributed by atoms with Gasteiger partial charge in [-0.25, -0.2) is 4.98 Å². The van der Waals surface area contributed by atoms with Crippen molar-refractivity contribution in [1.82, 2.24) is 29.7 Å². The number of aromatic nitrogens is 3. The first-order chi connectivity index (χ1) is 35.5. The number of thiazole rings is 1. The molecule has 14 nitrogen and oxygen atoms in total. The number of hydrogen-bond donors (Lipinski definition) is 2. The molecule has 1 spiro atoms. The first-order valence-corrected chi connectivity index (χ1v) is 28.0. The molecule has 2 aromatic heterocycles. The normalized spacial score (nSPS) is 26.3. The van der Waals surface area contributed by atoms with Crippen LogP contribution in [0.5, 0.6) is 0 Å². The first-order valence-electron chi connectivity index (χ1n) is 26.7. The number of aryl methyl sites for hydroxylation is 1. The smallest absolute Gasteiger partial charge is 0.282 e. The van der Waals surface area contributed by atoms with Crippen LogP contribution in [-0.2, 0) is 19.8 Å². The standard InChI is InChI=1S/C58H64ClN9O5S/c1-33(35-12-14-37(15-13-35)50-34(2)60-32-74-50)61-51(70)48-25-40(69)29-67(48)53(72)43(56(3,4)5)30-66-31-45(63-64-66)41-28-57(26-39(41)27-57)55(73)65-22-18-36(19-23-65)38-16-17-42-47(24-38)68-46-11-9-10-44(59)49(46)52(71)62-54(68)58(42)20-7-6-8-21-58/h9-17,24,30-33,36,39-41,43,48,69H,6-8,18-23,25-29H2,1-5H3/p+1/b66-30+/t33-,39?,40+,41?,43?,48-,57?/m0/s1. The second-order valence-corrected chi connectivity index (χ2v) is 24.8. The van der Waals surface area contributed by atoms with Gasteiger partial charge in [-0.2, -0.15) is 4.98 Å². The molecular formula is C58H65ClN9O5S+. The maximum absolute atomic E-state index is 14.6. The SMILES string of the molecule is Cc1ncsc1-c1ccc([C@H](C)NC(=O)[C@@H]2C[C@@H](O)CN2C(=O)C(/C=[N+]2\C=C(C3CC4(C(=O)N5CCC(c6ccc7c(c6)-n6c(nc(=O)c8c(Cl)cccc86)C76CCCCC6)CC5)CC3C4)N=N2)C(C)(C)C)cc1. The molecule has 2 N–H and O–H groups in total. The number of amides is 3. The van der Waals surface area contributed by atoms with Gasteiger partial charge in [-0.15, -0.1) is 16.0 Å². The van der Waals surface area contributed by atoms with Gasteiger partial charge in [-0.3, -0.25) is 23.7 Å². The number of halogens is 1. The highest BCUT2D eigenvalue weighted by atomic mass is 35.5. The maximum atomic E-state index is 14.6. The lowest BCUT2D eigenvalue weighted by molar-refractivity contribution is -0.461. The van der Waals surface area contributed by atoms with Crippen LogP contribution in [0, 0.1) is 35.5 Å². The van der Waals surface area contributed by atoms with Crippen LogP contribution in [0.2, 0.25) is 5.02 Å². The first kappa shape index (κ1) is 49.0. The molecule has 74 heavy (non-hydrogen) atoms. The van der Waals surface area contributed by atoms with Crippen LogP contribution in [-0.4, -0.2) is 89.8 Å². The van der Waals surface area contributed by atoms with Crippen LogP contribution in [0.15, 0.2) is 93.2 Å². The molecule has 4 saturated carbocycles. The van der Waals surface area contributed by atoms with Crippen molar-refractivity contribution >= 4 is 57.8 Å². The summed E-state index contributed by atoms with van der Waals surface area (Å²) in [5.41, 5.74) is 8.61. The average molecular weight is 1040 g/mol. The summed E-state index contributed by atoms with van der Waals surface area (Å²) in [6, 6.07) is 19.5. The summed E-state index contributed by atoms with van der Waals surface area (Å²) >= 11 is 8.24. The van der Waals surface area contributed by atoms with Crippen LogP contribution in [0.4, 0.5) is 0 Å². The number of nitrogens with zero attached hydrogens (tertiary/aromatic N) is 8. The van der Waals surface area contributed by atoms with E-state index in [0.29, 0.717) is 35.3 Å². The number of nitrogens with one attached hydrogen (secondary N) is 1. The number of β-amino-alcohol motifs (C(OH)–C–C–N with tert-alkyl or cyclic N) is 1. The van der Waals surface area contributed by atoms with Gasteiger partial charge in [0, 0.05) is 32.0 Å². The lowest BCUT2D eigenvalue weighted by Crippen LogP contribution is -2.50. The Balaban J connectivity index is 0.698. The molecule has 16 heteroatoms. The van der Waals surface area contributed by atoms with Gasteiger partial charge in [0.15, 0.2) is 6.20 Å². The van der Waals surface area contributed by atoms with Crippen molar-refractivity contribution in [3.63, 3.8) is 0 Å². The van der Waals surface area contributed by atoms with Crippen molar-refractivity contribution in [2.75, 3.05) is 19.6 Å². The monoisotopic (exact) mass is 1030 g/mol. The highest BCUT2D eigenvalue weighted by Crippen LogP contribution is 2.65. The topological polar surface area (TPSA) is 165 Å². The lowest BCUT2D eigenvalue weighted by atomic mass is 9.68. The minimum Gasteiger partial charge on any atom is -0.391 e. The van der Waals surface area contributed by atoms with Crippen molar-refractivity contribution in [3.8, 4) is 16.1 Å². The van der Waals surface area contributed by atoms with E-state index in [1.165, 1.54) is 22.4 Å². The maximum Gasteiger partial charge on any atom is 0.282 e. The van der Waals surface area contributed by atoms with Crippen molar-refractivity contribution in [3.05, 3.63) is 122 Å². The largest absolute Gasteiger partial charge is 0.391 e. The van der Waals surface area contributed by atoms with E-state index in [2.05, 4.69) is 48.3 Å². The second-order valence-electron chi connectivity index (χ2n) is 23.6. The molecule has 384 valence electrons. The number of aliphatic hydroxyl groups is 1. The predicted octanol–water partition coefficient (Wildman–Crippen LogP) is 9.96. The summed E-state index contributed by atoms with van der Waals surface area (Å²) in [7, 11) is 0. The quantitative estimate of drug-likeness (QED) is 0.139. The van der Waals surface area contributed by atoms with E-state index in [9.17, 15) is 24.3 Å². The van der Waals surface area contributed by atoms with Crippen molar-refractivity contribution in [1.29, 1.82) is 0 Å². The number of carbonyl (C=O) groups excluding carboxylic acids is 3. The number of hydrogen-bond acceptors (Lipinski definition) is 10. The Morgan fingerprint density at radius 3 is 2.47 bits per heavy atom. The van der Waals surface area contributed by atoms with Crippen LogP contribution in [0.3, 0.4) is 0 Å². The van der Waals surface area contributed by atoms with Crippen LogP contribution >= 0.6 is 22.9 Å². The number of allylic oxidation sites excluding steroid dienone is 1. The van der Waals surface area contributed by atoms with E-state index >= 15 is 0 Å². The molecule has 0 radical (unpaired) electrons. The lowest BCUT2D eigenvalue weighted by Gasteiger charge is -2.43. The number of carbonyl (C=O) groups is 3. The minimum absolute atomic E-state index is 0.0637. The third kappa shape index (κ3) is 8.18. The molecular weight excluding hydrogens is 970 g/mol. The minimum atomic E-state index is -0.826. The summed E-state index contributed by atoms with van der Waals surface area (Å²) < 4.78 is 3.86. The van der Waals surface area contributed by atoms with Gasteiger partial charge in [-0.05, 0) is 116 Å². The molecule has 6 fully saturated rings. The Bertz CT molecular complexity index is 3260. The average Bonchev–Trinajstić information content (AvgIpc) is 4.26. The van der Waals surface area contributed by atoms with Crippen LogP contribution < -0.4 is 10.9 Å². The highest BCUT2D eigenvalue weighted by molar-refractivity contribution is 7.13. The number of aliphatic hydroxyl groups excluding tert-OH is 1. The van der Waals surface area contributed by atoms with Gasteiger partial charge in [0.1, 0.15) is 29.2 Å². The Morgan fingerprint density at radius 2 is 1.76 bits per heavy atom. The zero-order chi connectivity index (χ0) is 51.4. The Hall–Kier alpha value is -5.90. The molecule has 5 aromatic rings. The van der Waals surface area contributed by atoms with E-state index in [4.69, 9.17) is 16.6 Å². The molecule has 5 atom stereocenters. The molecule has 3 amide bonds. The van der Waals surface area contributed by atoms with E-state index in [1.54, 1.807) is 28.3 Å². The molecule has 2 saturated heterocycles. The summed E-state index contributed by atoms with van der Waals surface area (Å²) in [5, 5.41) is 24.0. The van der Waals surface area contributed by atoms with Crippen LogP contribution in [0.25, 0.3) is 27.0 Å². The van der Waals surface area contributed by atoms with Gasteiger partial charge in [-0.1, -0.05) is 94.1 Å². The molecule has 4 aliphatic carbocycles. The predicted molar refractivity (Wildman–Crippen MR) is 285 cm³/mol. The van der Waals surface area contributed by atoms with E-state index in [1.807, 2.05) is 82.7 Å². The van der Waals surface area contributed by atoms with E-state index < -0.39 is 28.9 Å². The summed E-state index contributed by atoms with van der Waals surface area (Å²) in [6.45, 7) is 11.4. The number of benzene rings is 3. The molecule has 6 heterocycles. The number of piperidine rings is 1. The third-order valence-electron chi connectivity index (χ3n) is 18.0. The Morgan fingerprint density at radius 1 is 1.00 bits per heavy atom. The third-order valence-corrected chi connectivity index (χ3v) is 19.3. The number of likely N-dealkylation sites (tertiary alicyclic amines) is 2. The van der Waals surface area contributed by atoms with Crippen LogP contribution in [0.1, 0.15) is 138 Å². The second kappa shape index (κ2) is 18.4. The Kier molecular flexibility index (Phi) is 12.2. The molecule has 2 unspecified atom stereocenters. The molecule has 3 aromatic carbocycles. The van der Waals surface area contributed by atoms with Gasteiger partial charge in [0.05, 0.1) is 65.8 Å². The molecule has 4 aliphatic heterocycles. The molecule has 13 rings (SSSR count). The van der Waals surface area contributed by atoms with Gasteiger partial charge < -0.3 is 20.2 Å². The van der Waals surface area contributed by atoms with Crippen molar-refractivity contribution < 1.29 is 24.2 Å².